The van der Waals surface area contributed by atoms with Gasteiger partial charge in [-0.1, -0.05) is 18.2 Å². The predicted octanol–water partition coefficient (Wildman–Crippen LogP) is 2.70. The van der Waals surface area contributed by atoms with Gasteiger partial charge in [-0.3, -0.25) is 9.89 Å². The van der Waals surface area contributed by atoms with E-state index < -0.39 is 24.5 Å². The summed E-state index contributed by atoms with van der Waals surface area (Å²) in [6.07, 6.45) is 2.64. The van der Waals surface area contributed by atoms with Crippen molar-refractivity contribution in [2.45, 2.75) is 19.3 Å². The van der Waals surface area contributed by atoms with Gasteiger partial charge in [-0.05, 0) is 30.9 Å². The molecule has 2 aromatic heterocycles. The van der Waals surface area contributed by atoms with Crippen LogP contribution in [0.4, 0.5) is 5.00 Å². The number of H-pyrrole nitrogens is 1. The number of aryl methyl sites for hydroxylation is 1. The van der Waals surface area contributed by atoms with Crippen molar-refractivity contribution in [3.05, 3.63) is 46.0 Å². The van der Waals surface area contributed by atoms with Gasteiger partial charge in [-0.2, -0.15) is 5.10 Å². The van der Waals surface area contributed by atoms with E-state index in [2.05, 4.69) is 15.5 Å². The molecule has 8 nitrogen and oxygen atoms in total. The molecule has 28 heavy (non-hydrogen) atoms. The molecule has 0 bridgehead atoms. The molecule has 1 aromatic carbocycles. The minimum Gasteiger partial charge on any atom is -0.465 e. The molecule has 4 rings (SSSR count). The van der Waals surface area contributed by atoms with Gasteiger partial charge in [0.15, 0.2) is 12.3 Å². The van der Waals surface area contributed by atoms with Crippen LogP contribution in [0.3, 0.4) is 0 Å². The number of nitrogens with one attached hydrogen (secondary N) is 2. The van der Waals surface area contributed by atoms with Crippen molar-refractivity contribution in [1.29, 1.82) is 0 Å². The van der Waals surface area contributed by atoms with Gasteiger partial charge in [0, 0.05) is 10.3 Å². The van der Waals surface area contributed by atoms with Crippen molar-refractivity contribution in [2.24, 2.45) is 0 Å². The normalized spacial score (nSPS) is 12.6. The topological polar surface area (TPSA) is 110 Å². The summed E-state index contributed by atoms with van der Waals surface area (Å²) < 4.78 is 9.94. The minimum atomic E-state index is -0.700. The average molecular weight is 399 g/mol. The second-order valence-corrected chi connectivity index (χ2v) is 7.40. The molecule has 9 heteroatoms. The smallest absolute Gasteiger partial charge is 0.359 e. The van der Waals surface area contributed by atoms with Crippen LogP contribution in [0.1, 0.15) is 37.7 Å². The fourth-order valence-corrected chi connectivity index (χ4v) is 4.59. The van der Waals surface area contributed by atoms with E-state index in [4.69, 9.17) is 9.47 Å². The molecule has 0 atom stereocenters. The van der Waals surface area contributed by atoms with Crippen LogP contribution in [0.5, 0.6) is 0 Å². The SMILES string of the molecule is COC(=O)c1c(NC(=O)COC(=O)c2n[nH]c3ccccc23)sc2c1CCC2. The Morgan fingerprint density at radius 1 is 1.21 bits per heavy atom. The monoisotopic (exact) mass is 399 g/mol. The maximum absolute atomic E-state index is 12.3. The van der Waals surface area contributed by atoms with Crippen LogP contribution in [0, 0.1) is 0 Å². The number of methoxy groups -OCH3 is 1. The Morgan fingerprint density at radius 2 is 2.04 bits per heavy atom. The van der Waals surface area contributed by atoms with Crippen molar-refractivity contribution in [3.63, 3.8) is 0 Å². The molecule has 1 amide bonds. The van der Waals surface area contributed by atoms with Crippen LogP contribution in [-0.2, 0) is 27.1 Å². The quantitative estimate of drug-likeness (QED) is 0.638. The van der Waals surface area contributed by atoms with Crippen LogP contribution in [0.25, 0.3) is 10.9 Å². The van der Waals surface area contributed by atoms with Crippen LogP contribution < -0.4 is 5.32 Å². The molecule has 0 unspecified atom stereocenters. The zero-order valence-corrected chi connectivity index (χ0v) is 15.9. The van der Waals surface area contributed by atoms with Crippen molar-refractivity contribution >= 4 is 45.1 Å². The van der Waals surface area contributed by atoms with E-state index in [1.165, 1.54) is 18.4 Å². The summed E-state index contributed by atoms with van der Waals surface area (Å²) in [5.74, 6) is -1.71. The van der Waals surface area contributed by atoms with E-state index in [0.717, 1.165) is 29.7 Å². The van der Waals surface area contributed by atoms with Gasteiger partial charge in [0.25, 0.3) is 5.91 Å². The average Bonchev–Trinajstić information content (AvgIpc) is 3.39. The van der Waals surface area contributed by atoms with Gasteiger partial charge in [0.2, 0.25) is 0 Å². The number of ether oxygens (including phenoxy) is 2. The third kappa shape index (κ3) is 3.24. The van der Waals surface area contributed by atoms with Crippen molar-refractivity contribution in [2.75, 3.05) is 19.0 Å². The molecule has 2 heterocycles. The predicted molar refractivity (Wildman–Crippen MR) is 103 cm³/mol. The molecule has 0 saturated carbocycles. The maximum atomic E-state index is 12.3. The number of fused-ring (bicyclic) bond motifs is 2. The highest BCUT2D eigenvalue weighted by Gasteiger charge is 2.28. The first-order valence-corrected chi connectivity index (χ1v) is 9.53. The number of hydrogen-bond donors (Lipinski definition) is 2. The molecule has 1 aliphatic carbocycles. The maximum Gasteiger partial charge on any atom is 0.359 e. The van der Waals surface area contributed by atoms with E-state index >= 15 is 0 Å². The van der Waals surface area contributed by atoms with Gasteiger partial charge in [-0.25, -0.2) is 9.59 Å². The fourth-order valence-electron chi connectivity index (χ4n) is 3.29. The Morgan fingerprint density at radius 3 is 2.86 bits per heavy atom. The molecule has 0 radical (unpaired) electrons. The second kappa shape index (κ2) is 7.43. The summed E-state index contributed by atoms with van der Waals surface area (Å²) >= 11 is 1.36. The van der Waals surface area contributed by atoms with E-state index in [-0.39, 0.29) is 5.69 Å². The molecular weight excluding hydrogens is 382 g/mol. The van der Waals surface area contributed by atoms with Crippen molar-refractivity contribution in [3.8, 4) is 0 Å². The lowest BCUT2D eigenvalue weighted by atomic mass is 10.1. The molecule has 2 N–H and O–H groups in total. The van der Waals surface area contributed by atoms with Gasteiger partial charge in [0.1, 0.15) is 5.00 Å². The van der Waals surface area contributed by atoms with Crippen LogP contribution in [0.2, 0.25) is 0 Å². The first kappa shape index (κ1) is 18.2. The highest BCUT2D eigenvalue weighted by Crippen LogP contribution is 2.39. The fraction of sp³-hybridized carbons (Fsp3) is 0.263. The Hall–Kier alpha value is -3.20. The van der Waals surface area contributed by atoms with Gasteiger partial charge in [0.05, 0.1) is 18.2 Å². The summed E-state index contributed by atoms with van der Waals surface area (Å²) in [6, 6.07) is 7.13. The van der Waals surface area contributed by atoms with Gasteiger partial charge < -0.3 is 14.8 Å². The highest BCUT2D eigenvalue weighted by molar-refractivity contribution is 7.17. The number of aromatic nitrogens is 2. The summed E-state index contributed by atoms with van der Waals surface area (Å²) in [7, 11) is 1.31. The van der Waals surface area contributed by atoms with Crippen molar-refractivity contribution < 1.29 is 23.9 Å². The highest BCUT2D eigenvalue weighted by atomic mass is 32.1. The number of nitrogens with zero attached hydrogens (tertiary/aromatic N) is 1. The number of carbonyl (C=O) groups excluding carboxylic acids is 3. The summed E-state index contributed by atoms with van der Waals surface area (Å²) in [5, 5.41) is 10.4. The molecule has 1 aliphatic rings. The number of para-hydroxylation sites is 1. The standard InChI is InChI=1S/C19H17N3O5S/c1-26-18(24)15-11-6-4-8-13(11)28-17(15)20-14(23)9-27-19(25)16-10-5-2-3-7-12(10)21-22-16/h2-3,5,7H,4,6,8-9H2,1H3,(H,20,23)(H,21,22). The second-order valence-electron chi connectivity index (χ2n) is 6.30. The third-order valence-electron chi connectivity index (χ3n) is 4.56. The lowest BCUT2D eigenvalue weighted by molar-refractivity contribution is -0.119. The minimum absolute atomic E-state index is 0.119. The number of benzene rings is 1. The number of aromatic amines is 1. The Kier molecular flexibility index (Phi) is 4.82. The summed E-state index contributed by atoms with van der Waals surface area (Å²) in [5.41, 5.74) is 2.16. The number of carbonyl (C=O) groups is 3. The van der Waals surface area contributed by atoms with E-state index in [0.29, 0.717) is 21.5 Å². The van der Waals surface area contributed by atoms with Gasteiger partial charge >= 0.3 is 11.9 Å². The lowest BCUT2D eigenvalue weighted by Crippen LogP contribution is -2.22. The Balaban J connectivity index is 1.44. The van der Waals surface area contributed by atoms with E-state index in [9.17, 15) is 14.4 Å². The molecular formula is C19H17N3O5S. The van der Waals surface area contributed by atoms with Gasteiger partial charge in [-0.15, -0.1) is 11.3 Å². The number of amides is 1. The number of esters is 2. The Labute approximate surface area is 163 Å². The first-order chi connectivity index (χ1) is 13.6. The molecule has 0 aliphatic heterocycles. The zero-order valence-electron chi connectivity index (χ0n) is 15.0. The third-order valence-corrected chi connectivity index (χ3v) is 5.77. The number of hydrogen-bond acceptors (Lipinski definition) is 7. The van der Waals surface area contributed by atoms with E-state index in [1.54, 1.807) is 18.2 Å². The summed E-state index contributed by atoms with van der Waals surface area (Å²) in [4.78, 5) is 37.7. The molecule has 0 saturated heterocycles. The van der Waals surface area contributed by atoms with Crippen LogP contribution in [-0.4, -0.2) is 41.8 Å². The molecule has 0 fully saturated rings. The van der Waals surface area contributed by atoms with Crippen LogP contribution >= 0.6 is 11.3 Å². The number of rotatable bonds is 5. The number of thiophene rings is 1. The number of anilines is 1. The molecule has 144 valence electrons. The zero-order chi connectivity index (χ0) is 19.7. The van der Waals surface area contributed by atoms with Crippen LogP contribution in [0.15, 0.2) is 24.3 Å². The lowest BCUT2D eigenvalue weighted by Gasteiger charge is -2.07. The first-order valence-electron chi connectivity index (χ1n) is 8.71. The van der Waals surface area contributed by atoms with E-state index in [1.807, 2.05) is 6.07 Å². The summed E-state index contributed by atoms with van der Waals surface area (Å²) in [6.45, 7) is -0.483. The largest absolute Gasteiger partial charge is 0.465 e. The molecule has 3 aromatic rings. The Bertz CT molecular complexity index is 1080. The van der Waals surface area contributed by atoms with Crippen molar-refractivity contribution in [1.82, 2.24) is 10.2 Å². The molecule has 0 spiro atoms.